The monoisotopic (exact) mass is 548 g/mol. The number of anilines is 1. The van der Waals surface area contributed by atoms with Gasteiger partial charge in [0.2, 0.25) is 0 Å². The molecule has 3 aliphatic heterocycles. The molecule has 4 aromatic rings. The second-order valence-electron chi connectivity index (χ2n) is 11.0. The number of hydrogen-bond acceptors (Lipinski definition) is 8. The zero-order valence-electron chi connectivity index (χ0n) is 21.7. The number of phenolic OH excluding ortho intramolecular Hbond substituents is 1. The van der Waals surface area contributed by atoms with Crippen LogP contribution in [0.5, 0.6) is 11.8 Å². The van der Waals surface area contributed by atoms with Gasteiger partial charge >= 0.3 is 6.01 Å². The number of likely N-dealkylation sites (N-methyl/N-ethyl adjacent to an activating group) is 1. The van der Waals surface area contributed by atoms with Crippen LogP contribution < -0.4 is 15.0 Å². The van der Waals surface area contributed by atoms with Crippen molar-refractivity contribution < 1.29 is 14.2 Å². The molecule has 2 bridgehead atoms. The Hall–Kier alpha value is -3.27. The molecule has 0 amide bonds. The number of nitrogens with zero attached hydrogens (tertiary/aromatic N) is 5. The summed E-state index contributed by atoms with van der Waals surface area (Å²) in [6.45, 7) is 3.04. The molecule has 3 saturated heterocycles. The van der Waals surface area contributed by atoms with Crippen LogP contribution in [-0.4, -0.2) is 76.4 Å². The van der Waals surface area contributed by atoms with Gasteiger partial charge in [-0.1, -0.05) is 23.7 Å². The minimum atomic E-state index is -0.594. The first-order valence-electron chi connectivity index (χ1n) is 13.6. The second-order valence-corrected chi connectivity index (χ2v) is 11.4. The number of ether oxygens (including phenoxy) is 1. The van der Waals surface area contributed by atoms with E-state index in [-0.39, 0.29) is 29.0 Å². The van der Waals surface area contributed by atoms with E-state index in [4.69, 9.17) is 21.3 Å². The Kier molecular flexibility index (Phi) is 6.17. The number of piperazine rings is 1. The van der Waals surface area contributed by atoms with Crippen molar-refractivity contribution in [2.24, 2.45) is 0 Å². The molecular formula is C29H30ClFN6O2. The summed E-state index contributed by atoms with van der Waals surface area (Å²) < 4.78 is 22.6. The molecule has 7 rings (SSSR count). The molecule has 39 heavy (non-hydrogen) atoms. The van der Waals surface area contributed by atoms with Gasteiger partial charge < -0.3 is 25.0 Å². The Morgan fingerprint density at radius 3 is 2.74 bits per heavy atom. The highest BCUT2D eigenvalue weighted by Gasteiger charge is 2.34. The topological polar surface area (TPSA) is 86.6 Å². The van der Waals surface area contributed by atoms with E-state index < -0.39 is 5.82 Å². The number of halogens is 2. The van der Waals surface area contributed by atoms with E-state index in [9.17, 15) is 5.11 Å². The third-order valence-corrected chi connectivity index (χ3v) is 8.72. The van der Waals surface area contributed by atoms with Crippen LogP contribution in [0.25, 0.3) is 32.9 Å². The Bertz CT molecular complexity index is 1570. The largest absolute Gasteiger partial charge is 0.508 e. The number of hydrogen-bond donors (Lipinski definition) is 2. The lowest BCUT2D eigenvalue weighted by atomic mass is 10.00. The van der Waals surface area contributed by atoms with Gasteiger partial charge in [0.1, 0.15) is 29.4 Å². The maximum atomic E-state index is 16.5. The number of nitrogens with one attached hydrogen (secondary N) is 1. The van der Waals surface area contributed by atoms with Crippen molar-refractivity contribution in [1.29, 1.82) is 0 Å². The third-order valence-electron chi connectivity index (χ3n) is 8.40. The molecule has 10 heteroatoms. The first-order chi connectivity index (χ1) is 18.9. The summed E-state index contributed by atoms with van der Waals surface area (Å²) >= 11 is 6.54. The van der Waals surface area contributed by atoms with Gasteiger partial charge in [-0.05, 0) is 62.9 Å². The Balaban J connectivity index is 1.37. The van der Waals surface area contributed by atoms with Gasteiger partial charge in [0.15, 0.2) is 5.82 Å². The molecule has 0 unspecified atom stereocenters. The highest BCUT2D eigenvalue weighted by atomic mass is 35.5. The van der Waals surface area contributed by atoms with Crippen LogP contribution in [0.3, 0.4) is 0 Å². The summed E-state index contributed by atoms with van der Waals surface area (Å²) in [5, 5.41) is 16.4. The van der Waals surface area contributed by atoms with Crippen LogP contribution in [-0.2, 0) is 0 Å². The van der Waals surface area contributed by atoms with E-state index in [0.29, 0.717) is 51.3 Å². The average Bonchev–Trinajstić information content (AvgIpc) is 3.50. The summed E-state index contributed by atoms with van der Waals surface area (Å²) in [5.41, 5.74) is 0.627. The summed E-state index contributed by atoms with van der Waals surface area (Å²) in [6.07, 6.45) is 6.04. The van der Waals surface area contributed by atoms with E-state index in [1.807, 2.05) is 6.07 Å². The maximum Gasteiger partial charge on any atom is 0.319 e. The van der Waals surface area contributed by atoms with Crippen molar-refractivity contribution in [1.82, 2.24) is 25.2 Å². The number of benzene rings is 2. The van der Waals surface area contributed by atoms with E-state index in [1.165, 1.54) is 6.07 Å². The van der Waals surface area contributed by atoms with Crippen LogP contribution in [0, 0.1) is 5.82 Å². The zero-order chi connectivity index (χ0) is 26.7. The van der Waals surface area contributed by atoms with Crippen molar-refractivity contribution in [3.63, 3.8) is 0 Å². The molecule has 0 saturated carbocycles. The summed E-state index contributed by atoms with van der Waals surface area (Å²) in [6, 6.07) is 9.67. The third kappa shape index (κ3) is 4.42. The number of phenols is 1. The Morgan fingerprint density at radius 2 is 1.97 bits per heavy atom. The second kappa shape index (κ2) is 9.73. The number of pyridine rings is 1. The summed E-state index contributed by atoms with van der Waals surface area (Å²) in [4.78, 5) is 18.4. The SMILES string of the molecule is CN1CCC[C@H]1COc1nc(N2C[C@H]3CC[C@@H](C2)N3)c2cnc(-c3cc(O)cc4cccc(Cl)c34)c(F)c2n1. The fourth-order valence-corrected chi connectivity index (χ4v) is 6.68. The standard InChI is InChI=1S/C29H30ClFN6O2/c1-36-9-3-5-19(36)15-39-29-34-27-22(28(35-29)37-13-17-7-8-18(14-37)33-17)12-32-26(25(27)31)21-11-20(38)10-16-4-2-6-23(30)24(16)21/h2,4,6,10-12,17-19,33,38H,3,5,7-9,13-15H2,1H3/t17-,18+,19-/m0/s1. The van der Waals surface area contributed by atoms with Crippen molar-refractivity contribution in [3.8, 4) is 23.0 Å². The van der Waals surface area contributed by atoms with E-state index >= 15 is 4.39 Å². The molecule has 0 aliphatic carbocycles. The summed E-state index contributed by atoms with van der Waals surface area (Å²) in [5.74, 6) is 0.0549. The molecule has 0 radical (unpaired) electrons. The highest BCUT2D eigenvalue weighted by molar-refractivity contribution is 6.36. The van der Waals surface area contributed by atoms with Gasteiger partial charge in [-0.2, -0.15) is 9.97 Å². The van der Waals surface area contributed by atoms with Crippen molar-refractivity contribution in [3.05, 3.63) is 47.4 Å². The fraction of sp³-hybridized carbons (Fsp3) is 0.414. The van der Waals surface area contributed by atoms with Crippen molar-refractivity contribution in [2.75, 3.05) is 38.2 Å². The fourth-order valence-electron chi connectivity index (χ4n) is 6.40. The molecule has 2 N–H and O–H groups in total. The molecule has 202 valence electrons. The lowest BCUT2D eigenvalue weighted by Gasteiger charge is -2.34. The average molecular weight is 549 g/mol. The number of rotatable bonds is 5. The quantitative estimate of drug-likeness (QED) is 0.369. The first kappa shape index (κ1) is 24.7. The van der Waals surface area contributed by atoms with Gasteiger partial charge in [0.25, 0.3) is 0 Å². The smallest absolute Gasteiger partial charge is 0.319 e. The number of aromatic nitrogens is 3. The van der Waals surface area contributed by atoms with Gasteiger partial charge in [0, 0.05) is 53.4 Å². The van der Waals surface area contributed by atoms with Gasteiger partial charge in [-0.15, -0.1) is 0 Å². The number of fused-ring (bicyclic) bond motifs is 4. The molecule has 2 aromatic carbocycles. The molecule has 5 heterocycles. The predicted molar refractivity (Wildman–Crippen MR) is 150 cm³/mol. The normalized spacial score (nSPS) is 23.3. The van der Waals surface area contributed by atoms with Crippen LogP contribution in [0.15, 0.2) is 36.5 Å². The van der Waals surface area contributed by atoms with Crippen LogP contribution in [0.2, 0.25) is 5.02 Å². The van der Waals surface area contributed by atoms with E-state index in [1.54, 1.807) is 24.4 Å². The Morgan fingerprint density at radius 1 is 1.15 bits per heavy atom. The number of aromatic hydroxyl groups is 1. The van der Waals surface area contributed by atoms with E-state index in [2.05, 4.69) is 32.1 Å². The Labute approximate surface area is 230 Å². The molecule has 3 fully saturated rings. The molecule has 3 atom stereocenters. The van der Waals surface area contributed by atoms with Gasteiger partial charge in [0.05, 0.1) is 5.39 Å². The number of likely N-dealkylation sites (tertiary alicyclic amines) is 1. The molecular weight excluding hydrogens is 519 g/mol. The van der Waals surface area contributed by atoms with Crippen molar-refractivity contribution >= 4 is 39.1 Å². The van der Waals surface area contributed by atoms with Crippen LogP contribution >= 0.6 is 11.6 Å². The lowest BCUT2D eigenvalue weighted by molar-refractivity contribution is 0.188. The molecule has 0 spiro atoms. The molecule has 3 aliphatic rings. The first-order valence-corrected chi connectivity index (χ1v) is 13.9. The minimum Gasteiger partial charge on any atom is -0.508 e. The van der Waals surface area contributed by atoms with Crippen LogP contribution in [0.4, 0.5) is 10.2 Å². The van der Waals surface area contributed by atoms with E-state index in [0.717, 1.165) is 45.3 Å². The zero-order valence-corrected chi connectivity index (χ0v) is 22.5. The maximum absolute atomic E-state index is 16.5. The lowest BCUT2D eigenvalue weighted by Crippen LogP contribution is -2.51. The van der Waals surface area contributed by atoms with Gasteiger partial charge in [-0.25, -0.2) is 4.39 Å². The van der Waals surface area contributed by atoms with Crippen molar-refractivity contribution in [2.45, 2.75) is 43.8 Å². The minimum absolute atomic E-state index is 0.00504. The molecule has 8 nitrogen and oxygen atoms in total. The predicted octanol–water partition coefficient (Wildman–Crippen LogP) is 4.76. The van der Waals surface area contributed by atoms with Gasteiger partial charge in [-0.3, -0.25) is 4.98 Å². The summed E-state index contributed by atoms with van der Waals surface area (Å²) in [7, 11) is 2.09. The van der Waals surface area contributed by atoms with Crippen LogP contribution in [0.1, 0.15) is 25.7 Å². The highest BCUT2D eigenvalue weighted by Crippen LogP contribution is 2.40. The molecule has 2 aromatic heterocycles.